The van der Waals surface area contributed by atoms with Gasteiger partial charge in [-0.15, -0.1) is 0 Å². The highest BCUT2D eigenvalue weighted by Gasteiger charge is 2.43. The van der Waals surface area contributed by atoms with E-state index in [1.165, 1.54) is 7.11 Å². The van der Waals surface area contributed by atoms with Gasteiger partial charge >= 0.3 is 5.97 Å². The van der Waals surface area contributed by atoms with Gasteiger partial charge in [-0.05, 0) is 47.0 Å². The maximum Gasteiger partial charge on any atom is 0.336 e. The largest absolute Gasteiger partial charge is 0.496 e. The number of allylic oxidation sites excluding steroid dienone is 3. The van der Waals surface area contributed by atoms with Gasteiger partial charge in [0, 0.05) is 23.7 Å². The summed E-state index contributed by atoms with van der Waals surface area (Å²) in [6, 6.07) is 5.64. The number of Topliss-reactive ketones (excluding diaryl/α,β-unsaturated/α-hetero) is 1. The first kappa shape index (κ1) is 17.7. The van der Waals surface area contributed by atoms with Gasteiger partial charge in [0.2, 0.25) is 0 Å². The molecule has 5 nitrogen and oxygen atoms in total. The Kier molecular flexibility index (Phi) is 4.99. The van der Waals surface area contributed by atoms with E-state index in [4.69, 9.17) is 9.47 Å². The predicted octanol–water partition coefficient (Wildman–Crippen LogP) is 3.45. The van der Waals surface area contributed by atoms with Crippen LogP contribution < -0.4 is 10.1 Å². The zero-order chi connectivity index (χ0) is 18.1. The molecule has 1 aromatic carbocycles. The molecule has 0 spiro atoms. The monoisotopic (exact) mass is 405 g/mol. The third kappa shape index (κ3) is 3.11. The average molecular weight is 406 g/mol. The fraction of sp³-hybridized carbons (Fsp3) is 0.368. The van der Waals surface area contributed by atoms with Gasteiger partial charge in [0.05, 0.1) is 30.2 Å². The minimum atomic E-state index is -0.417. The van der Waals surface area contributed by atoms with Crippen molar-refractivity contribution in [1.82, 2.24) is 5.32 Å². The number of ether oxygens (including phenoxy) is 2. The summed E-state index contributed by atoms with van der Waals surface area (Å²) in [7, 11) is 2.96. The molecule has 25 heavy (non-hydrogen) atoms. The molecule has 0 aromatic heterocycles. The third-order valence-corrected chi connectivity index (χ3v) is 5.38. The van der Waals surface area contributed by atoms with Gasteiger partial charge in [0.1, 0.15) is 11.5 Å². The van der Waals surface area contributed by atoms with Crippen molar-refractivity contribution in [2.45, 2.75) is 25.7 Å². The minimum absolute atomic E-state index is 0.135. The molecular weight excluding hydrogens is 386 g/mol. The Bertz CT molecular complexity index is 797. The number of rotatable bonds is 3. The van der Waals surface area contributed by atoms with E-state index in [0.717, 1.165) is 27.9 Å². The summed E-state index contributed by atoms with van der Waals surface area (Å²) in [5.74, 6) is -0.360. The van der Waals surface area contributed by atoms with Crippen LogP contribution in [0.3, 0.4) is 0 Å². The maximum atomic E-state index is 12.7. The number of carbonyl (C=O) groups is 2. The molecule has 0 amide bonds. The molecule has 1 N–H and O–H groups in total. The average Bonchev–Trinajstić information content (AvgIpc) is 2.60. The fourth-order valence-electron chi connectivity index (χ4n) is 3.63. The lowest BCUT2D eigenvalue weighted by atomic mass is 9.71. The molecule has 3 rings (SSSR count). The molecule has 0 saturated carbocycles. The molecule has 0 radical (unpaired) electrons. The van der Waals surface area contributed by atoms with Gasteiger partial charge in [-0.3, -0.25) is 4.79 Å². The van der Waals surface area contributed by atoms with E-state index in [0.29, 0.717) is 17.7 Å². The predicted molar refractivity (Wildman–Crippen MR) is 97.1 cm³/mol. The van der Waals surface area contributed by atoms with Crippen LogP contribution in [0.2, 0.25) is 0 Å². The standard InChI is InChI=1S/C19H20BrNO4/c1-10-16(19(23)25-3)17(11-7-8-15(24-2)12(20)9-11)18-13(21-10)5-4-6-14(18)22/h5,7-9,17-18,21H,4,6H2,1-3H3. The molecule has 1 heterocycles. The van der Waals surface area contributed by atoms with E-state index in [9.17, 15) is 9.59 Å². The number of hydrogen-bond donors (Lipinski definition) is 1. The highest BCUT2D eigenvalue weighted by atomic mass is 79.9. The number of benzene rings is 1. The molecule has 2 atom stereocenters. The molecule has 2 unspecified atom stereocenters. The smallest absolute Gasteiger partial charge is 0.336 e. The lowest BCUT2D eigenvalue weighted by molar-refractivity contribution is -0.136. The van der Waals surface area contributed by atoms with Crippen LogP contribution in [0.15, 0.2) is 45.7 Å². The van der Waals surface area contributed by atoms with Gasteiger partial charge in [0.25, 0.3) is 0 Å². The summed E-state index contributed by atoms with van der Waals surface area (Å²) >= 11 is 3.49. The lowest BCUT2D eigenvalue weighted by Crippen LogP contribution is -2.40. The first-order chi connectivity index (χ1) is 12.0. The second kappa shape index (κ2) is 7.04. The van der Waals surface area contributed by atoms with Gasteiger partial charge in [-0.1, -0.05) is 12.1 Å². The Balaban J connectivity index is 2.19. The first-order valence-electron chi connectivity index (χ1n) is 8.10. The maximum absolute atomic E-state index is 12.7. The summed E-state index contributed by atoms with van der Waals surface area (Å²) in [5, 5.41) is 3.23. The Morgan fingerprint density at radius 1 is 1.28 bits per heavy atom. The number of fused-ring (bicyclic) bond motifs is 1. The van der Waals surface area contributed by atoms with Crippen LogP contribution in [0.5, 0.6) is 5.75 Å². The molecule has 1 aliphatic heterocycles. The van der Waals surface area contributed by atoms with Crippen molar-refractivity contribution in [2.75, 3.05) is 14.2 Å². The van der Waals surface area contributed by atoms with Crippen molar-refractivity contribution in [3.8, 4) is 5.75 Å². The number of methoxy groups -OCH3 is 2. The van der Waals surface area contributed by atoms with Crippen molar-refractivity contribution in [2.24, 2.45) is 5.92 Å². The summed E-state index contributed by atoms with van der Waals surface area (Å²) in [4.78, 5) is 25.2. The summed E-state index contributed by atoms with van der Waals surface area (Å²) < 4.78 is 11.1. The van der Waals surface area contributed by atoms with E-state index in [-0.39, 0.29) is 11.7 Å². The van der Waals surface area contributed by atoms with E-state index < -0.39 is 11.9 Å². The molecule has 0 saturated heterocycles. The molecule has 0 bridgehead atoms. The second-order valence-corrected chi connectivity index (χ2v) is 7.02. The molecule has 6 heteroatoms. The molecule has 132 valence electrons. The van der Waals surface area contributed by atoms with Crippen LogP contribution in [0.1, 0.15) is 31.2 Å². The van der Waals surface area contributed by atoms with Crippen LogP contribution in [0.25, 0.3) is 0 Å². The third-order valence-electron chi connectivity index (χ3n) is 4.76. The molecular formula is C19H20BrNO4. The Morgan fingerprint density at radius 3 is 2.68 bits per heavy atom. The molecule has 0 fully saturated rings. The number of esters is 1. The number of carbonyl (C=O) groups excluding carboxylic acids is 2. The number of ketones is 1. The Morgan fingerprint density at radius 2 is 2.04 bits per heavy atom. The van der Waals surface area contributed by atoms with E-state index in [2.05, 4.69) is 27.3 Å². The number of nitrogens with one attached hydrogen (secondary N) is 1. The van der Waals surface area contributed by atoms with E-state index in [1.807, 2.05) is 25.1 Å². The first-order valence-corrected chi connectivity index (χ1v) is 8.89. The van der Waals surface area contributed by atoms with Crippen LogP contribution >= 0.6 is 15.9 Å². The molecule has 1 aliphatic carbocycles. The van der Waals surface area contributed by atoms with Crippen molar-refractivity contribution in [3.63, 3.8) is 0 Å². The van der Waals surface area contributed by atoms with Crippen molar-refractivity contribution in [1.29, 1.82) is 0 Å². The van der Waals surface area contributed by atoms with Gasteiger partial charge < -0.3 is 14.8 Å². The van der Waals surface area contributed by atoms with E-state index >= 15 is 0 Å². The summed E-state index contributed by atoms with van der Waals surface area (Å²) in [6.07, 6.45) is 3.25. The van der Waals surface area contributed by atoms with Crippen molar-refractivity contribution >= 4 is 27.7 Å². The van der Waals surface area contributed by atoms with Crippen molar-refractivity contribution < 1.29 is 19.1 Å². The Hall–Kier alpha value is -2.08. The van der Waals surface area contributed by atoms with Gasteiger partial charge in [0.15, 0.2) is 0 Å². The lowest BCUT2D eigenvalue weighted by Gasteiger charge is -2.37. The normalized spacial score (nSPS) is 22.7. The van der Waals surface area contributed by atoms with E-state index in [1.54, 1.807) is 7.11 Å². The van der Waals surface area contributed by atoms with Crippen LogP contribution in [-0.4, -0.2) is 26.0 Å². The summed E-state index contributed by atoms with van der Waals surface area (Å²) in [6.45, 7) is 1.84. The van der Waals surface area contributed by atoms with Gasteiger partial charge in [-0.2, -0.15) is 0 Å². The Labute approximate surface area is 155 Å². The van der Waals surface area contributed by atoms with Crippen LogP contribution in [0.4, 0.5) is 0 Å². The highest BCUT2D eigenvalue weighted by Crippen LogP contribution is 2.45. The quantitative estimate of drug-likeness (QED) is 0.780. The van der Waals surface area contributed by atoms with Crippen molar-refractivity contribution in [3.05, 3.63) is 51.3 Å². The summed E-state index contributed by atoms with van der Waals surface area (Å²) in [5.41, 5.74) is 2.97. The van der Waals surface area contributed by atoms with Crippen LogP contribution in [0, 0.1) is 5.92 Å². The zero-order valence-corrected chi connectivity index (χ0v) is 16.0. The fourth-order valence-corrected chi connectivity index (χ4v) is 4.19. The topological polar surface area (TPSA) is 64.6 Å². The number of hydrogen-bond acceptors (Lipinski definition) is 5. The number of halogens is 1. The van der Waals surface area contributed by atoms with Crippen LogP contribution in [-0.2, 0) is 14.3 Å². The van der Waals surface area contributed by atoms with Gasteiger partial charge in [-0.25, -0.2) is 4.79 Å². The molecule has 2 aliphatic rings. The minimum Gasteiger partial charge on any atom is -0.496 e. The SMILES string of the molecule is COC(=O)C1=C(C)NC2=CCCC(=O)C2C1c1ccc(OC)c(Br)c1. The zero-order valence-electron chi connectivity index (χ0n) is 14.4. The second-order valence-electron chi connectivity index (χ2n) is 6.17. The molecule has 1 aromatic rings. The highest BCUT2D eigenvalue weighted by molar-refractivity contribution is 9.10.